The van der Waals surface area contributed by atoms with Crippen molar-refractivity contribution in [1.82, 2.24) is 14.1 Å². The number of pyridine rings is 1. The third kappa shape index (κ3) is 7.75. The summed E-state index contributed by atoms with van der Waals surface area (Å²) in [6.45, 7) is 15.7. The van der Waals surface area contributed by atoms with Crippen LogP contribution in [0.5, 0.6) is 11.5 Å². The molecule has 3 heterocycles. The molecule has 0 aliphatic rings. The van der Waals surface area contributed by atoms with Crippen molar-refractivity contribution >= 4 is 21.8 Å². The third-order valence-corrected chi connectivity index (χ3v) is 11.5. The van der Waals surface area contributed by atoms with Gasteiger partial charge in [-0.15, -0.1) is 35.2 Å². The Balaban J connectivity index is 0.00000499. The van der Waals surface area contributed by atoms with E-state index < -0.39 is 0 Å². The summed E-state index contributed by atoms with van der Waals surface area (Å²) >= 11 is 0. The first-order valence-electron chi connectivity index (χ1n) is 20.4. The second kappa shape index (κ2) is 16.2. The van der Waals surface area contributed by atoms with Crippen molar-refractivity contribution in [3.8, 4) is 39.8 Å². The number of nitrogens with zero attached hydrogens (tertiary/aromatic N) is 4. The van der Waals surface area contributed by atoms with E-state index in [0.717, 1.165) is 50.1 Å². The minimum atomic E-state index is -0.227. The van der Waals surface area contributed by atoms with Crippen LogP contribution in [0, 0.1) is 18.5 Å². The topological polar surface area (TPSA) is 35.9 Å². The Kier molecular flexibility index (Phi) is 11.0. The molecular formula is C54H48N4OPt-2. The van der Waals surface area contributed by atoms with Crippen molar-refractivity contribution in [3.05, 3.63) is 199 Å². The normalized spacial score (nSPS) is 11.9. The molecule has 0 saturated heterocycles. The molecule has 6 heteroatoms. The fourth-order valence-electron chi connectivity index (χ4n) is 8.09. The quantitative estimate of drug-likeness (QED) is 0.107. The van der Waals surface area contributed by atoms with Crippen molar-refractivity contribution in [3.63, 3.8) is 0 Å². The number of benzene rings is 6. The van der Waals surface area contributed by atoms with E-state index in [1.807, 2.05) is 33.8 Å². The molecule has 0 atom stereocenters. The summed E-state index contributed by atoms with van der Waals surface area (Å²) in [5, 5.41) is 2.21. The van der Waals surface area contributed by atoms with Crippen LogP contribution in [0.15, 0.2) is 158 Å². The number of rotatable bonds is 9. The van der Waals surface area contributed by atoms with Crippen LogP contribution in [-0.2, 0) is 31.9 Å². The maximum Gasteiger partial charge on any atom is 0.267 e. The van der Waals surface area contributed by atoms with Gasteiger partial charge in [0.05, 0.1) is 5.69 Å². The minimum Gasteiger partial charge on any atom is -0.510 e. The number of hydrogen-bond acceptors (Lipinski definition) is 2. The van der Waals surface area contributed by atoms with E-state index in [-0.39, 0.29) is 31.9 Å². The van der Waals surface area contributed by atoms with Gasteiger partial charge in [-0.2, -0.15) is 12.1 Å². The largest absolute Gasteiger partial charge is 0.510 e. The Labute approximate surface area is 368 Å². The van der Waals surface area contributed by atoms with Crippen LogP contribution < -0.4 is 9.30 Å². The monoisotopic (exact) mass is 963 g/mol. The molecule has 0 aliphatic carbocycles. The van der Waals surface area contributed by atoms with Crippen LogP contribution in [-0.4, -0.2) is 14.1 Å². The smallest absolute Gasteiger partial charge is 0.267 e. The van der Waals surface area contributed by atoms with E-state index in [0.29, 0.717) is 17.4 Å². The number of hydrogen-bond donors (Lipinski definition) is 0. The first-order valence-corrected chi connectivity index (χ1v) is 20.4. The number of imidazole rings is 1. The fourth-order valence-corrected chi connectivity index (χ4v) is 8.09. The van der Waals surface area contributed by atoms with E-state index in [4.69, 9.17) is 9.72 Å². The third-order valence-electron chi connectivity index (χ3n) is 11.5. The zero-order valence-electron chi connectivity index (χ0n) is 35.1. The molecule has 0 fully saturated rings. The summed E-state index contributed by atoms with van der Waals surface area (Å²) < 4.78 is 13.0. The molecule has 9 rings (SSSR count). The van der Waals surface area contributed by atoms with Crippen LogP contribution >= 0.6 is 0 Å². The average molecular weight is 964 g/mol. The number of para-hydroxylation sites is 1. The van der Waals surface area contributed by atoms with Gasteiger partial charge in [-0.3, -0.25) is 4.57 Å². The number of fused-ring (bicyclic) bond motifs is 3. The van der Waals surface area contributed by atoms with Gasteiger partial charge in [0.2, 0.25) is 0 Å². The van der Waals surface area contributed by atoms with E-state index >= 15 is 0 Å². The maximum atomic E-state index is 6.80. The molecule has 0 N–H and O–H groups in total. The Morgan fingerprint density at radius 1 is 0.667 bits per heavy atom. The van der Waals surface area contributed by atoms with Crippen LogP contribution in [0.2, 0.25) is 0 Å². The van der Waals surface area contributed by atoms with Crippen LogP contribution in [0.4, 0.5) is 0 Å². The Bertz CT molecular complexity index is 2970. The second-order valence-corrected chi connectivity index (χ2v) is 17.2. The van der Waals surface area contributed by atoms with Gasteiger partial charge >= 0.3 is 0 Å². The molecule has 60 heavy (non-hydrogen) atoms. The molecule has 9 aromatic rings. The SMILES string of the molecule is CC(C)c1ccccc1-c1cc(Oc2[c-]c3c(cc2)c2ccccc2n3-c2cc(C(C)(C)c3ccccc3)ccn2)[c-]c(-n2[c-][n+](-c3cccc(C(C)(C)C)c3)cc2)c1.[Pt]. The summed E-state index contributed by atoms with van der Waals surface area (Å²) in [5.41, 5.74) is 10.8. The molecule has 0 radical (unpaired) electrons. The van der Waals surface area contributed by atoms with Gasteiger partial charge in [0.1, 0.15) is 5.82 Å². The van der Waals surface area contributed by atoms with Crippen LogP contribution in [0.25, 0.3) is 50.1 Å². The molecular weight excluding hydrogens is 916 g/mol. The van der Waals surface area contributed by atoms with Crippen molar-refractivity contribution in [2.24, 2.45) is 0 Å². The van der Waals surface area contributed by atoms with E-state index in [1.54, 1.807) is 0 Å². The van der Waals surface area contributed by atoms with Crippen molar-refractivity contribution < 1.29 is 30.4 Å². The fraction of sp³-hybridized carbons (Fsp3) is 0.185. The summed E-state index contributed by atoms with van der Waals surface area (Å²) in [7, 11) is 0. The molecule has 0 aliphatic heterocycles. The summed E-state index contributed by atoms with van der Waals surface area (Å²) in [6.07, 6.45) is 9.52. The minimum absolute atomic E-state index is 0. The van der Waals surface area contributed by atoms with Crippen molar-refractivity contribution in [1.29, 1.82) is 0 Å². The van der Waals surface area contributed by atoms with Crippen molar-refractivity contribution in [2.75, 3.05) is 0 Å². The van der Waals surface area contributed by atoms with Gasteiger partial charge in [-0.25, -0.2) is 4.98 Å². The Hall–Kier alpha value is -6.03. The zero-order chi connectivity index (χ0) is 40.9. The first-order chi connectivity index (χ1) is 28.4. The van der Waals surface area contributed by atoms with Crippen LogP contribution in [0.1, 0.15) is 76.6 Å². The molecule has 0 amide bonds. The Morgan fingerprint density at radius 3 is 2.22 bits per heavy atom. The standard InChI is InChI=1S/C54H48N4O.Pt/c1-37(2)46-20-11-12-21-47(46)38-30-43(57-29-28-56(36-57)42-19-15-18-40(32-42)53(3,4)5)34-45(31-38)59-44-24-25-49-48-22-13-14-23-50(48)58(51(49)35-44)52-33-41(26-27-55-52)54(6,7)39-16-9-8-10-17-39;/h8-33,37H,1-7H3;/q-2;. The van der Waals surface area contributed by atoms with Gasteiger partial charge < -0.3 is 13.9 Å². The number of ether oxygens (including phenoxy) is 1. The molecule has 302 valence electrons. The molecule has 3 aromatic heterocycles. The summed E-state index contributed by atoms with van der Waals surface area (Å²) in [6, 6.07) is 56.3. The van der Waals surface area contributed by atoms with Crippen LogP contribution in [0.3, 0.4) is 0 Å². The van der Waals surface area contributed by atoms with Gasteiger partial charge in [0.15, 0.2) is 0 Å². The molecule has 0 saturated carbocycles. The predicted octanol–water partition coefficient (Wildman–Crippen LogP) is 12.9. The zero-order valence-corrected chi connectivity index (χ0v) is 37.4. The first kappa shape index (κ1) is 40.7. The van der Waals surface area contributed by atoms with Gasteiger partial charge in [0, 0.05) is 62.1 Å². The van der Waals surface area contributed by atoms with Gasteiger partial charge in [-0.05, 0) is 80.6 Å². The molecule has 0 unspecified atom stereocenters. The summed E-state index contributed by atoms with van der Waals surface area (Å²) in [4.78, 5) is 4.94. The van der Waals surface area contributed by atoms with E-state index in [2.05, 4.69) is 205 Å². The van der Waals surface area contributed by atoms with Crippen molar-refractivity contribution in [2.45, 2.75) is 65.2 Å². The average Bonchev–Trinajstić information content (AvgIpc) is 3.87. The second-order valence-electron chi connectivity index (χ2n) is 17.2. The molecule has 5 nitrogen and oxygen atoms in total. The van der Waals surface area contributed by atoms with E-state index in [1.165, 1.54) is 22.3 Å². The molecule has 6 aromatic carbocycles. The summed E-state index contributed by atoms with van der Waals surface area (Å²) in [5.74, 6) is 2.34. The predicted molar refractivity (Wildman–Crippen MR) is 239 cm³/mol. The van der Waals surface area contributed by atoms with Gasteiger partial charge in [-0.1, -0.05) is 139 Å². The molecule has 0 bridgehead atoms. The van der Waals surface area contributed by atoms with Gasteiger partial charge in [0.25, 0.3) is 6.33 Å². The Morgan fingerprint density at radius 2 is 1.42 bits per heavy atom. The van der Waals surface area contributed by atoms with E-state index in [9.17, 15) is 0 Å². The number of aromatic nitrogens is 4. The molecule has 0 spiro atoms. The maximum absolute atomic E-state index is 6.80.